The number of nitrogens with two attached hydrogens (primary N) is 1. The second-order valence-corrected chi connectivity index (χ2v) is 3.14. The first-order valence-electron chi connectivity index (χ1n) is 4.90. The maximum Gasteiger partial charge on any atom is 0.208 e. The highest BCUT2D eigenvalue weighted by Crippen LogP contribution is 2.06. The highest BCUT2D eigenvalue weighted by molar-refractivity contribution is 5.79. The van der Waals surface area contributed by atoms with Gasteiger partial charge in [-0.15, -0.1) is 0 Å². The van der Waals surface area contributed by atoms with Crippen molar-refractivity contribution in [3.05, 3.63) is 23.7 Å². The van der Waals surface area contributed by atoms with E-state index in [1.54, 1.807) is 12.4 Å². The Morgan fingerprint density at radius 2 is 2.14 bits per heavy atom. The number of nitrogens with zero attached hydrogens (tertiary/aromatic N) is 1. The number of rotatable bonds is 5. The molecule has 0 fully saturated rings. The van der Waals surface area contributed by atoms with Crippen molar-refractivity contribution in [3.63, 3.8) is 0 Å². The molecule has 3 nitrogen and oxygen atoms in total. The maximum absolute atomic E-state index is 5.46. The molecule has 0 saturated carbocycles. The summed E-state index contributed by atoms with van der Waals surface area (Å²) in [5.41, 5.74) is 6.47. The fourth-order valence-corrected chi connectivity index (χ4v) is 0.866. The van der Waals surface area contributed by atoms with Crippen LogP contribution in [-0.2, 0) is 4.74 Å². The first kappa shape index (κ1) is 12.8. The van der Waals surface area contributed by atoms with Gasteiger partial charge in [-0.2, -0.15) is 0 Å². The zero-order valence-electron chi connectivity index (χ0n) is 9.45. The summed E-state index contributed by atoms with van der Waals surface area (Å²) in [6.45, 7) is 8.59. The van der Waals surface area contributed by atoms with E-state index >= 15 is 0 Å². The van der Waals surface area contributed by atoms with Crippen LogP contribution in [0.2, 0.25) is 0 Å². The molecule has 0 atom stereocenters. The van der Waals surface area contributed by atoms with Crippen molar-refractivity contribution in [3.8, 4) is 0 Å². The highest BCUT2D eigenvalue weighted by Gasteiger charge is 1.99. The summed E-state index contributed by atoms with van der Waals surface area (Å²) in [5, 5.41) is 0. The van der Waals surface area contributed by atoms with Crippen LogP contribution in [0, 0.1) is 5.92 Å². The van der Waals surface area contributed by atoms with Crippen LogP contribution >= 0.6 is 0 Å². The molecule has 0 spiro atoms. The minimum atomic E-state index is 0.378. The van der Waals surface area contributed by atoms with Gasteiger partial charge in [0.25, 0.3) is 0 Å². The molecular formula is C11H20N2O. The fraction of sp³-hybridized carbons (Fsp3) is 0.545. The van der Waals surface area contributed by atoms with Gasteiger partial charge in [0, 0.05) is 6.21 Å². The van der Waals surface area contributed by atoms with Gasteiger partial charge in [0.2, 0.25) is 5.88 Å². The van der Waals surface area contributed by atoms with E-state index in [1.165, 1.54) is 0 Å². The van der Waals surface area contributed by atoms with Gasteiger partial charge in [0.05, 0.1) is 6.61 Å². The van der Waals surface area contributed by atoms with E-state index in [4.69, 9.17) is 10.5 Å². The molecule has 0 rings (SSSR count). The van der Waals surface area contributed by atoms with Crippen LogP contribution in [0.3, 0.4) is 0 Å². The van der Waals surface area contributed by atoms with Crippen molar-refractivity contribution in [1.82, 2.24) is 0 Å². The monoisotopic (exact) mass is 196 g/mol. The molecule has 0 radical (unpaired) electrons. The third kappa shape index (κ3) is 4.70. The molecule has 0 aliphatic carbocycles. The van der Waals surface area contributed by atoms with E-state index < -0.39 is 0 Å². The van der Waals surface area contributed by atoms with Crippen LogP contribution in [0.1, 0.15) is 27.7 Å². The average molecular weight is 196 g/mol. The minimum absolute atomic E-state index is 0.378. The second-order valence-electron chi connectivity index (χ2n) is 3.14. The topological polar surface area (TPSA) is 47.6 Å². The van der Waals surface area contributed by atoms with E-state index in [9.17, 15) is 0 Å². The van der Waals surface area contributed by atoms with Gasteiger partial charge in [0.1, 0.15) is 0 Å². The molecule has 0 amide bonds. The highest BCUT2D eigenvalue weighted by atomic mass is 16.5. The largest absolute Gasteiger partial charge is 0.478 e. The second kappa shape index (κ2) is 7.18. The summed E-state index contributed by atoms with van der Waals surface area (Å²) in [7, 11) is 0. The lowest BCUT2D eigenvalue weighted by Crippen LogP contribution is -2.00. The van der Waals surface area contributed by atoms with E-state index in [0.29, 0.717) is 18.4 Å². The summed E-state index contributed by atoms with van der Waals surface area (Å²) < 4.78 is 5.26. The van der Waals surface area contributed by atoms with Crippen molar-refractivity contribution >= 4 is 6.21 Å². The van der Waals surface area contributed by atoms with Crippen LogP contribution in [0.4, 0.5) is 0 Å². The SMILES string of the molecule is C\C=C(/N=C\C(=C/N)C(C)C)OCC. The number of aliphatic imine (C=N–C) groups is 1. The van der Waals surface area contributed by atoms with Gasteiger partial charge in [-0.3, -0.25) is 0 Å². The molecule has 0 unspecified atom stereocenters. The van der Waals surface area contributed by atoms with Crippen molar-refractivity contribution in [2.45, 2.75) is 27.7 Å². The maximum atomic E-state index is 5.46. The van der Waals surface area contributed by atoms with E-state index in [0.717, 1.165) is 5.57 Å². The third-order valence-electron chi connectivity index (χ3n) is 1.74. The van der Waals surface area contributed by atoms with Gasteiger partial charge in [-0.05, 0) is 37.6 Å². The molecule has 0 aromatic rings. The molecule has 0 aromatic heterocycles. The zero-order valence-corrected chi connectivity index (χ0v) is 9.45. The average Bonchev–Trinajstić information content (AvgIpc) is 2.16. The van der Waals surface area contributed by atoms with Crippen LogP contribution in [0.15, 0.2) is 28.7 Å². The Kier molecular flexibility index (Phi) is 6.54. The summed E-state index contributed by atoms with van der Waals surface area (Å²) >= 11 is 0. The molecule has 0 bridgehead atoms. The van der Waals surface area contributed by atoms with E-state index in [1.807, 2.05) is 19.9 Å². The first-order valence-corrected chi connectivity index (χ1v) is 4.90. The van der Waals surface area contributed by atoms with Gasteiger partial charge in [-0.25, -0.2) is 4.99 Å². The predicted molar refractivity (Wildman–Crippen MR) is 61.0 cm³/mol. The van der Waals surface area contributed by atoms with Crippen LogP contribution < -0.4 is 5.73 Å². The molecule has 2 N–H and O–H groups in total. The van der Waals surface area contributed by atoms with Crippen molar-refractivity contribution in [1.29, 1.82) is 0 Å². The molecule has 0 heterocycles. The predicted octanol–water partition coefficient (Wildman–Crippen LogP) is 2.45. The Morgan fingerprint density at radius 3 is 2.50 bits per heavy atom. The Morgan fingerprint density at radius 1 is 1.50 bits per heavy atom. The summed E-state index contributed by atoms with van der Waals surface area (Å²) in [6, 6.07) is 0. The lowest BCUT2D eigenvalue weighted by atomic mass is 10.1. The Labute approximate surface area is 86.4 Å². The van der Waals surface area contributed by atoms with Crippen molar-refractivity contribution < 1.29 is 4.74 Å². The third-order valence-corrected chi connectivity index (χ3v) is 1.74. The normalized spacial score (nSPS) is 14.1. The Balaban J connectivity index is 4.40. The number of hydrogen-bond donors (Lipinski definition) is 1. The van der Waals surface area contributed by atoms with Crippen molar-refractivity contribution in [2.75, 3.05) is 6.61 Å². The molecular weight excluding hydrogens is 176 g/mol. The van der Waals surface area contributed by atoms with Gasteiger partial charge >= 0.3 is 0 Å². The number of ether oxygens (including phenoxy) is 1. The van der Waals surface area contributed by atoms with Gasteiger partial charge < -0.3 is 10.5 Å². The Bertz CT molecular complexity index is 240. The minimum Gasteiger partial charge on any atom is -0.478 e. The lowest BCUT2D eigenvalue weighted by Gasteiger charge is -2.05. The van der Waals surface area contributed by atoms with E-state index in [2.05, 4.69) is 18.8 Å². The zero-order chi connectivity index (χ0) is 11.0. The van der Waals surface area contributed by atoms with E-state index in [-0.39, 0.29) is 0 Å². The van der Waals surface area contributed by atoms with Crippen molar-refractivity contribution in [2.24, 2.45) is 16.6 Å². The molecule has 3 heteroatoms. The molecule has 14 heavy (non-hydrogen) atoms. The van der Waals surface area contributed by atoms with Crippen LogP contribution in [0.25, 0.3) is 0 Å². The van der Waals surface area contributed by atoms with Gasteiger partial charge in [0.15, 0.2) is 0 Å². The molecule has 0 saturated heterocycles. The number of hydrogen-bond acceptors (Lipinski definition) is 3. The van der Waals surface area contributed by atoms with Crippen LogP contribution in [0.5, 0.6) is 0 Å². The first-order chi connectivity index (χ1) is 6.65. The molecule has 0 aliphatic heterocycles. The lowest BCUT2D eigenvalue weighted by molar-refractivity contribution is 0.227. The smallest absolute Gasteiger partial charge is 0.208 e. The number of allylic oxidation sites excluding steroid dienone is 2. The molecule has 0 aromatic carbocycles. The quantitative estimate of drug-likeness (QED) is 0.542. The summed E-state index contributed by atoms with van der Waals surface area (Å²) in [4.78, 5) is 4.19. The summed E-state index contributed by atoms with van der Waals surface area (Å²) in [6.07, 6.45) is 5.15. The summed E-state index contributed by atoms with van der Waals surface area (Å²) in [5.74, 6) is 1.01. The fourth-order valence-electron chi connectivity index (χ4n) is 0.866. The molecule has 0 aliphatic rings. The standard InChI is InChI=1S/C11H20N2O/c1-5-11(14-6-2)13-8-10(7-12)9(3)4/h5,7-9H,6,12H2,1-4H3/b10-7+,11-5+,13-8-. The van der Waals surface area contributed by atoms with Gasteiger partial charge in [-0.1, -0.05) is 13.8 Å². The van der Waals surface area contributed by atoms with Crippen LogP contribution in [-0.4, -0.2) is 12.8 Å². The molecule has 80 valence electrons. The Hall–Kier alpha value is -1.25.